The standard InChI is InChI=1S/C43H49N9O8S2/c1-24(2)21-57-34-16-26(5)8-12-30(34)48-40(55)50-42-44-18-28(61-42)10-14-36-46-32(20-52(36)7)38(53)60-39(54)33-23-59-37(47-33)15-11-29-19-45-43(62-29)51-41(56)49-31-13-9-27(6)17-35(31)58-22-25(3)4/h8-9,12-13,16-20,23-25H,10-11,14-15,21-22H2,1-7H3,(H2,44,48,50,55)(H2,45,49,51,56). The Morgan fingerprint density at radius 1 is 0.694 bits per heavy atom. The number of imidazole rings is 1. The summed E-state index contributed by atoms with van der Waals surface area (Å²) in [4.78, 5) is 70.2. The maximum absolute atomic E-state index is 12.9. The molecule has 19 heteroatoms. The third-order valence-electron chi connectivity index (χ3n) is 8.77. The average molecular weight is 884 g/mol. The molecule has 0 aliphatic heterocycles. The minimum absolute atomic E-state index is 0.0437. The summed E-state index contributed by atoms with van der Waals surface area (Å²) in [6.45, 7) is 13.2. The normalized spacial score (nSPS) is 11.1. The Labute approximate surface area is 366 Å². The topological polar surface area (TPSA) is 214 Å². The number of oxazole rings is 1. The van der Waals surface area contributed by atoms with Crippen LogP contribution in [0.4, 0.5) is 31.2 Å². The zero-order chi connectivity index (χ0) is 44.3. The van der Waals surface area contributed by atoms with Crippen LogP contribution >= 0.6 is 22.7 Å². The van der Waals surface area contributed by atoms with Crippen LogP contribution in [-0.2, 0) is 37.5 Å². The summed E-state index contributed by atoms with van der Waals surface area (Å²) in [5.74, 6) is 0.767. The number of benzene rings is 2. The molecule has 4 heterocycles. The van der Waals surface area contributed by atoms with Gasteiger partial charge in [0.25, 0.3) is 0 Å². The summed E-state index contributed by atoms with van der Waals surface area (Å²) < 4.78 is 24.0. The number of thiazole rings is 2. The molecule has 0 aliphatic rings. The first-order valence-corrected chi connectivity index (χ1v) is 21.6. The molecule has 17 nitrogen and oxygen atoms in total. The number of nitrogens with zero attached hydrogens (tertiary/aromatic N) is 5. The van der Waals surface area contributed by atoms with E-state index in [1.165, 1.54) is 28.9 Å². The van der Waals surface area contributed by atoms with Crippen LogP contribution in [0.3, 0.4) is 0 Å². The summed E-state index contributed by atoms with van der Waals surface area (Å²) in [6.07, 6.45) is 7.70. The number of rotatable bonds is 18. The molecule has 0 unspecified atom stereocenters. The molecule has 0 fully saturated rings. The van der Waals surface area contributed by atoms with Crippen LogP contribution in [0, 0.1) is 25.7 Å². The van der Waals surface area contributed by atoms with E-state index in [4.69, 9.17) is 18.6 Å². The van der Waals surface area contributed by atoms with E-state index in [-0.39, 0.29) is 17.3 Å². The van der Waals surface area contributed by atoms with Crippen molar-refractivity contribution >= 4 is 68.3 Å². The maximum Gasteiger partial charge on any atom is 0.368 e. The molecular formula is C43H49N9O8S2. The Balaban J connectivity index is 0.938. The number of esters is 2. The van der Waals surface area contributed by atoms with Gasteiger partial charge in [0.05, 0.1) is 24.6 Å². The molecule has 4 amide bonds. The molecule has 6 aromatic rings. The fourth-order valence-electron chi connectivity index (χ4n) is 5.69. The number of carbonyl (C=O) groups is 4. The van der Waals surface area contributed by atoms with Crippen molar-refractivity contribution in [2.45, 2.75) is 67.2 Å². The predicted octanol–water partition coefficient (Wildman–Crippen LogP) is 8.86. The zero-order valence-corrected chi connectivity index (χ0v) is 37.1. The van der Waals surface area contributed by atoms with Crippen LogP contribution in [0.25, 0.3) is 0 Å². The Morgan fingerprint density at radius 3 is 1.74 bits per heavy atom. The number of aryl methyl sites for hydroxylation is 7. The second kappa shape index (κ2) is 20.8. The molecule has 0 aliphatic carbocycles. The molecular weight excluding hydrogens is 835 g/mol. The predicted molar refractivity (Wildman–Crippen MR) is 237 cm³/mol. The van der Waals surface area contributed by atoms with Crippen molar-refractivity contribution in [3.8, 4) is 11.5 Å². The van der Waals surface area contributed by atoms with E-state index >= 15 is 0 Å². The number of amides is 4. The van der Waals surface area contributed by atoms with E-state index in [9.17, 15) is 19.2 Å². The van der Waals surface area contributed by atoms with E-state index in [0.29, 0.717) is 89.7 Å². The number of anilines is 4. The van der Waals surface area contributed by atoms with Crippen LogP contribution in [0.1, 0.15) is 81.3 Å². The average Bonchev–Trinajstić information content (AvgIpc) is 4.05. The lowest BCUT2D eigenvalue weighted by molar-refractivity contribution is 0.0389. The van der Waals surface area contributed by atoms with Crippen molar-refractivity contribution in [1.29, 1.82) is 0 Å². The van der Waals surface area contributed by atoms with E-state index in [0.717, 1.165) is 27.1 Å². The first kappa shape index (κ1) is 44.9. The van der Waals surface area contributed by atoms with Gasteiger partial charge in [0.1, 0.15) is 23.6 Å². The summed E-state index contributed by atoms with van der Waals surface area (Å²) in [6, 6.07) is 10.2. The number of nitrogens with one attached hydrogen (secondary N) is 4. The largest absolute Gasteiger partial charge is 0.491 e. The van der Waals surface area contributed by atoms with Gasteiger partial charge in [0.2, 0.25) is 0 Å². The van der Waals surface area contributed by atoms with Gasteiger partial charge in [-0.25, -0.2) is 39.1 Å². The Kier molecular flexibility index (Phi) is 15.1. The molecule has 0 bridgehead atoms. The van der Waals surface area contributed by atoms with Crippen molar-refractivity contribution in [2.24, 2.45) is 18.9 Å². The fourth-order valence-corrected chi connectivity index (χ4v) is 7.30. The highest BCUT2D eigenvalue weighted by atomic mass is 32.1. The summed E-state index contributed by atoms with van der Waals surface area (Å²) in [5.41, 5.74) is 2.92. The van der Waals surface area contributed by atoms with Crippen molar-refractivity contribution < 1.29 is 37.8 Å². The first-order chi connectivity index (χ1) is 29.7. The fraction of sp³-hybridized carbons (Fsp3) is 0.349. The van der Waals surface area contributed by atoms with Gasteiger partial charge in [-0.05, 0) is 73.9 Å². The monoisotopic (exact) mass is 883 g/mol. The molecule has 326 valence electrons. The number of hydrogen-bond donors (Lipinski definition) is 4. The third kappa shape index (κ3) is 13.0. The lowest BCUT2D eigenvalue weighted by Crippen LogP contribution is -2.20. The number of aromatic nitrogens is 5. The van der Waals surface area contributed by atoms with Gasteiger partial charge < -0.3 is 33.8 Å². The van der Waals surface area contributed by atoms with Crippen LogP contribution in [0.2, 0.25) is 0 Å². The maximum atomic E-state index is 12.9. The van der Waals surface area contributed by atoms with Gasteiger partial charge >= 0.3 is 24.0 Å². The molecule has 0 spiro atoms. The molecule has 62 heavy (non-hydrogen) atoms. The SMILES string of the molecule is Cc1ccc(NC(=O)Nc2ncc(CCc3nc(C(=O)OC(=O)c4cn(C)c(CCc5cnc(NC(=O)Nc6ccc(C)cc6OCC(C)C)s5)n4)co3)s2)c(OCC(C)C)c1. The van der Waals surface area contributed by atoms with Crippen LogP contribution in [0.5, 0.6) is 11.5 Å². The lowest BCUT2D eigenvalue weighted by Gasteiger charge is -2.14. The summed E-state index contributed by atoms with van der Waals surface area (Å²) in [5, 5.41) is 12.0. The highest BCUT2D eigenvalue weighted by Gasteiger charge is 2.22. The minimum Gasteiger partial charge on any atom is -0.491 e. The number of urea groups is 2. The second-order valence-electron chi connectivity index (χ2n) is 15.3. The number of hydrogen-bond acceptors (Lipinski definition) is 14. The van der Waals surface area contributed by atoms with Crippen LogP contribution < -0.4 is 30.7 Å². The van der Waals surface area contributed by atoms with Gasteiger partial charge in [-0.1, -0.05) is 39.8 Å². The molecule has 0 saturated heterocycles. The Hall–Kier alpha value is -6.60. The van der Waals surface area contributed by atoms with Crippen LogP contribution in [0.15, 0.2) is 65.7 Å². The van der Waals surface area contributed by atoms with Gasteiger partial charge in [-0.2, -0.15) is 0 Å². The minimum atomic E-state index is -0.978. The second-order valence-corrected chi connectivity index (χ2v) is 17.5. The van der Waals surface area contributed by atoms with Crippen molar-refractivity contribution in [1.82, 2.24) is 24.5 Å². The Morgan fingerprint density at radius 2 is 1.21 bits per heavy atom. The lowest BCUT2D eigenvalue weighted by atomic mass is 10.2. The van der Waals surface area contributed by atoms with E-state index in [1.807, 2.05) is 38.1 Å². The van der Waals surface area contributed by atoms with Gasteiger partial charge in [-0.15, -0.1) is 22.7 Å². The van der Waals surface area contributed by atoms with Gasteiger partial charge in [0, 0.05) is 48.2 Å². The van der Waals surface area contributed by atoms with Gasteiger partial charge in [0.15, 0.2) is 27.5 Å². The van der Waals surface area contributed by atoms with E-state index in [1.54, 1.807) is 36.1 Å². The molecule has 4 aromatic heterocycles. The molecule has 4 N–H and O–H groups in total. The van der Waals surface area contributed by atoms with E-state index < -0.39 is 24.0 Å². The first-order valence-electron chi connectivity index (χ1n) is 19.9. The summed E-state index contributed by atoms with van der Waals surface area (Å²) in [7, 11) is 1.74. The molecule has 2 aromatic carbocycles. The van der Waals surface area contributed by atoms with E-state index in [2.05, 4.69) is 68.9 Å². The number of carbonyl (C=O) groups excluding carboxylic acids is 4. The van der Waals surface area contributed by atoms with Gasteiger partial charge in [-0.3, -0.25) is 10.6 Å². The highest BCUT2D eigenvalue weighted by Crippen LogP contribution is 2.29. The van der Waals surface area contributed by atoms with Crippen LogP contribution in [-0.4, -0.2) is 61.7 Å². The molecule has 0 atom stereocenters. The Bertz CT molecular complexity index is 2520. The molecule has 6 rings (SSSR count). The zero-order valence-electron chi connectivity index (χ0n) is 35.5. The third-order valence-corrected chi connectivity index (χ3v) is 10.7. The van der Waals surface area contributed by atoms with Crippen molar-refractivity contribution in [2.75, 3.05) is 34.5 Å². The molecule has 0 saturated carbocycles. The van der Waals surface area contributed by atoms with Crippen molar-refractivity contribution in [3.63, 3.8) is 0 Å². The number of ether oxygens (including phenoxy) is 3. The van der Waals surface area contributed by atoms with Crippen molar-refractivity contribution in [3.05, 3.63) is 105 Å². The molecule has 0 radical (unpaired) electrons. The highest BCUT2D eigenvalue weighted by molar-refractivity contribution is 7.16. The quantitative estimate of drug-likeness (QED) is 0.0471. The summed E-state index contributed by atoms with van der Waals surface area (Å²) >= 11 is 2.61. The smallest absolute Gasteiger partial charge is 0.368 e.